The highest BCUT2D eigenvalue weighted by Gasteiger charge is 2.38. The summed E-state index contributed by atoms with van der Waals surface area (Å²) in [5, 5.41) is 20.5. The van der Waals surface area contributed by atoms with Crippen molar-refractivity contribution in [1.82, 2.24) is 24.5 Å². The molecule has 4 aromatic rings. The van der Waals surface area contributed by atoms with E-state index in [1.165, 1.54) is 24.0 Å². The topological polar surface area (TPSA) is 96.4 Å². The van der Waals surface area contributed by atoms with Crippen molar-refractivity contribution in [3.8, 4) is 6.07 Å². The SMILES string of the molecule is N#CCNC1(c2ccc3ccnn3c2)CCC1.NC1(c2ccc3ccnn3c2)CCC1. The number of hydrogen-bond donors (Lipinski definition) is 2. The van der Waals surface area contributed by atoms with Gasteiger partial charge < -0.3 is 5.73 Å². The first-order valence-corrected chi connectivity index (χ1v) is 10.9. The normalized spacial score (nSPS) is 18.5. The van der Waals surface area contributed by atoms with E-state index in [-0.39, 0.29) is 11.1 Å². The second kappa shape index (κ2) is 7.80. The van der Waals surface area contributed by atoms with Gasteiger partial charge in [0, 0.05) is 35.9 Å². The van der Waals surface area contributed by atoms with Gasteiger partial charge in [-0.25, -0.2) is 9.03 Å². The maximum Gasteiger partial charge on any atom is 0.0847 e. The van der Waals surface area contributed by atoms with E-state index in [1.54, 1.807) is 6.20 Å². The quantitative estimate of drug-likeness (QED) is 0.499. The molecule has 7 heteroatoms. The molecule has 2 fully saturated rings. The zero-order valence-electron chi connectivity index (χ0n) is 17.5. The molecular weight excluding hydrogens is 386 g/mol. The molecule has 7 nitrogen and oxygen atoms in total. The van der Waals surface area contributed by atoms with Gasteiger partial charge in [-0.2, -0.15) is 15.5 Å². The molecule has 31 heavy (non-hydrogen) atoms. The van der Waals surface area contributed by atoms with Crippen LogP contribution in [0.5, 0.6) is 0 Å². The third-order valence-electron chi connectivity index (χ3n) is 6.88. The average Bonchev–Trinajstić information content (AvgIpc) is 3.40. The van der Waals surface area contributed by atoms with Crippen molar-refractivity contribution >= 4 is 11.0 Å². The molecule has 0 aromatic carbocycles. The van der Waals surface area contributed by atoms with Gasteiger partial charge in [-0.1, -0.05) is 12.1 Å². The molecule has 4 heterocycles. The second-order valence-electron chi connectivity index (χ2n) is 8.69. The maximum absolute atomic E-state index is 8.70. The van der Waals surface area contributed by atoms with Gasteiger partial charge in [-0.05, 0) is 73.9 Å². The number of hydrogen-bond acceptors (Lipinski definition) is 5. The molecule has 2 aliphatic rings. The molecule has 0 spiro atoms. The van der Waals surface area contributed by atoms with Crippen molar-refractivity contribution in [2.75, 3.05) is 6.54 Å². The third-order valence-corrected chi connectivity index (χ3v) is 6.88. The van der Waals surface area contributed by atoms with Gasteiger partial charge in [0.1, 0.15) is 0 Å². The molecule has 2 aliphatic carbocycles. The molecule has 0 unspecified atom stereocenters. The number of fused-ring (bicyclic) bond motifs is 2. The second-order valence-corrected chi connectivity index (χ2v) is 8.69. The minimum Gasteiger partial charge on any atom is -0.321 e. The lowest BCUT2D eigenvalue weighted by Crippen LogP contribution is -2.48. The van der Waals surface area contributed by atoms with Crippen LogP contribution in [-0.2, 0) is 11.1 Å². The first-order valence-electron chi connectivity index (χ1n) is 10.9. The fourth-order valence-corrected chi connectivity index (χ4v) is 4.56. The molecule has 2 saturated carbocycles. The summed E-state index contributed by atoms with van der Waals surface area (Å²) in [4.78, 5) is 0. The Bertz CT molecular complexity index is 1240. The van der Waals surface area contributed by atoms with E-state index in [0.29, 0.717) is 6.54 Å². The summed E-state index contributed by atoms with van der Waals surface area (Å²) in [5.41, 5.74) is 10.8. The highest BCUT2D eigenvalue weighted by molar-refractivity contribution is 5.48. The van der Waals surface area contributed by atoms with Crippen LogP contribution >= 0.6 is 0 Å². The van der Waals surface area contributed by atoms with E-state index in [9.17, 15) is 0 Å². The smallest absolute Gasteiger partial charge is 0.0847 e. The Morgan fingerprint density at radius 1 is 0.871 bits per heavy atom. The number of nitrogens with two attached hydrogens (primary N) is 1. The zero-order valence-corrected chi connectivity index (χ0v) is 17.5. The van der Waals surface area contributed by atoms with Crippen LogP contribution in [0.4, 0.5) is 0 Å². The third kappa shape index (κ3) is 3.58. The summed E-state index contributed by atoms with van der Waals surface area (Å²) in [7, 11) is 0. The predicted octanol–water partition coefficient (Wildman–Crippen LogP) is 3.50. The van der Waals surface area contributed by atoms with Crippen LogP contribution in [0.2, 0.25) is 0 Å². The standard InChI is InChI=1S/C13H14N4.C11H13N3/c14-7-9-15-13(5-1-6-13)11-2-3-12-4-8-16-17(12)10-11;12-11(5-1-6-11)9-2-3-10-4-7-13-14(10)8-9/h2-4,8,10,15H,1,5-6,9H2;2-4,7-8H,1,5-6,12H2. The summed E-state index contributed by atoms with van der Waals surface area (Å²) in [5.74, 6) is 0. The number of nitriles is 1. The number of pyridine rings is 2. The van der Waals surface area contributed by atoms with Crippen LogP contribution in [0, 0.1) is 11.3 Å². The Kier molecular flexibility index (Phi) is 4.97. The van der Waals surface area contributed by atoms with Crippen LogP contribution in [0.3, 0.4) is 0 Å². The van der Waals surface area contributed by atoms with Gasteiger partial charge in [-0.3, -0.25) is 5.32 Å². The van der Waals surface area contributed by atoms with Crippen LogP contribution in [0.25, 0.3) is 11.0 Å². The summed E-state index contributed by atoms with van der Waals surface area (Å²) >= 11 is 0. The average molecular weight is 414 g/mol. The number of aromatic nitrogens is 4. The molecule has 0 saturated heterocycles. The van der Waals surface area contributed by atoms with Crippen molar-refractivity contribution in [2.24, 2.45) is 5.73 Å². The molecule has 0 radical (unpaired) electrons. The Morgan fingerprint density at radius 2 is 1.45 bits per heavy atom. The van der Waals surface area contributed by atoms with Gasteiger partial charge >= 0.3 is 0 Å². The fraction of sp³-hybridized carbons (Fsp3) is 0.375. The Hall–Kier alpha value is -3.21. The van der Waals surface area contributed by atoms with Gasteiger partial charge in [0.15, 0.2) is 0 Å². The van der Waals surface area contributed by atoms with Crippen molar-refractivity contribution < 1.29 is 0 Å². The van der Waals surface area contributed by atoms with Crippen molar-refractivity contribution in [3.05, 3.63) is 72.3 Å². The van der Waals surface area contributed by atoms with Crippen molar-refractivity contribution in [3.63, 3.8) is 0 Å². The van der Waals surface area contributed by atoms with Crippen molar-refractivity contribution in [2.45, 2.75) is 49.6 Å². The largest absolute Gasteiger partial charge is 0.321 e. The van der Waals surface area contributed by atoms with Crippen LogP contribution < -0.4 is 11.1 Å². The summed E-state index contributed by atoms with van der Waals surface area (Å²) < 4.78 is 3.78. The lowest BCUT2D eigenvalue weighted by molar-refractivity contribution is 0.193. The van der Waals surface area contributed by atoms with Gasteiger partial charge in [0.05, 0.1) is 23.6 Å². The molecule has 0 aliphatic heterocycles. The highest BCUT2D eigenvalue weighted by atomic mass is 15.2. The first kappa shape index (κ1) is 19.7. The molecule has 3 N–H and O–H groups in total. The summed E-state index contributed by atoms with van der Waals surface area (Å²) in [6.45, 7) is 0.400. The summed E-state index contributed by atoms with van der Waals surface area (Å²) in [6, 6.07) is 14.6. The minimum absolute atomic E-state index is 0.00410. The molecule has 4 aromatic heterocycles. The fourth-order valence-electron chi connectivity index (χ4n) is 4.56. The van der Waals surface area contributed by atoms with Crippen LogP contribution in [0.1, 0.15) is 49.7 Å². The highest BCUT2D eigenvalue weighted by Crippen LogP contribution is 2.41. The first-order chi connectivity index (χ1) is 15.1. The Labute approximate surface area is 181 Å². The molecule has 0 amide bonds. The van der Waals surface area contributed by atoms with E-state index >= 15 is 0 Å². The monoisotopic (exact) mass is 413 g/mol. The Balaban J connectivity index is 0.000000134. The van der Waals surface area contributed by atoms with Crippen LogP contribution in [0.15, 0.2) is 61.2 Å². The molecule has 0 bridgehead atoms. The Morgan fingerprint density at radius 3 is 1.97 bits per heavy atom. The minimum atomic E-state index is -0.0832. The zero-order chi connectivity index (χ0) is 21.3. The van der Waals surface area contributed by atoms with Gasteiger partial charge in [-0.15, -0.1) is 0 Å². The lowest BCUT2D eigenvalue weighted by atomic mass is 9.72. The van der Waals surface area contributed by atoms with Crippen molar-refractivity contribution in [1.29, 1.82) is 5.26 Å². The molecule has 0 atom stereocenters. The summed E-state index contributed by atoms with van der Waals surface area (Å²) in [6.07, 6.45) is 14.6. The predicted molar refractivity (Wildman–Crippen MR) is 119 cm³/mol. The lowest BCUT2D eigenvalue weighted by Gasteiger charge is -2.42. The van der Waals surface area contributed by atoms with Gasteiger partial charge in [0.25, 0.3) is 0 Å². The number of rotatable bonds is 4. The van der Waals surface area contributed by atoms with E-state index in [0.717, 1.165) is 36.7 Å². The maximum atomic E-state index is 8.70. The van der Waals surface area contributed by atoms with E-state index in [1.807, 2.05) is 27.4 Å². The number of nitrogens with zero attached hydrogens (tertiary/aromatic N) is 5. The molecular formula is C24H27N7. The van der Waals surface area contributed by atoms with E-state index < -0.39 is 0 Å². The van der Waals surface area contributed by atoms with E-state index in [2.05, 4.69) is 58.2 Å². The molecule has 158 valence electrons. The number of nitrogens with one attached hydrogen (secondary N) is 1. The van der Waals surface area contributed by atoms with Gasteiger partial charge in [0.2, 0.25) is 0 Å². The van der Waals surface area contributed by atoms with E-state index in [4.69, 9.17) is 11.0 Å². The molecule has 6 rings (SSSR count). The van der Waals surface area contributed by atoms with Crippen LogP contribution in [-0.4, -0.2) is 25.8 Å².